The molecule has 0 bridgehead atoms. The van der Waals surface area contributed by atoms with Gasteiger partial charge in [0.25, 0.3) is 5.91 Å². The van der Waals surface area contributed by atoms with Crippen molar-refractivity contribution in [2.24, 2.45) is 4.99 Å². The number of fused-ring (bicyclic) bond motifs is 1. The molecule has 12 heavy (non-hydrogen) atoms. The lowest BCUT2D eigenvalue weighted by Gasteiger charge is -1.98. The average Bonchev–Trinajstić information content (AvgIpc) is 2.29. The molecule has 2 heterocycles. The van der Waals surface area contributed by atoms with E-state index in [9.17, 15) is 4.79 Å². The van der Waals surface area contributed by atoms with Gasteiger partial charge in [0.1, 0.15) is 0 Å². The van der Waals surface area contributed by atoms with Crippen molar-refractivity contribution in [2.45, 2.75) is 0 Å². The zero-order valence-corrected chi connectivity index (χ0v) is 6.19. The molecule has 0 atom stereocenters. The van der Waals surface area contributed by atoms with E-state index in [1.807, 2.05) is 0 Å². The van der Waals surface area contributed by atoms with E-state index in [-0.39, 0.29) is 11.6 Å². The normalized spacial score (nSPS) is 14.8. The SMILES string of the molecule is O=C1NCC=Nc2nccnc21. The number of hydrogen-bond acceptors (Lipinski definition) is 4. The van der Waals surface area contributed by atoms with Crippen molar-refractivity contribution in [1.29, 1.82) is 0 Å². The van der Waals surface area contributed by atoms with Crippen molar-refractivity contribution < 1.29 is 4.79 Å². The standard InChI is InChI=1S/C7H6N4O/c12-7-5-6(9-2-1-8-5)10-3-4-11-7/h1-3H,4H2,(H,11,12). The third-order valence-electron chi connectivity index (χ3n) is 1.46. The highest BCUT2D eigenvalue weighted by atomic mass is 16.1. The first-order chi connectivity index (χ1) is 5.88. The van der Waals surface area contributed by atoms with Gasteiger partial charge in [-0.3, -0.25) is 4.79 Å². The second kappa shape index (κ2) is 2.69. The smallest absolute Gasteiger partial charge is 0.274 e. The minimum atomic E-state index is -0.226. The second-order valence-electron chi connectivity index (χ2n) is 2.25. The summed E-state index contributed by atoms with van der Waals surface area (Å²) in [4.78, 5) is 22.9. The number of amides is 1. The summed E-state index contributed by atoms with van der Waals surface area (Å²) < 4.78 is 0. The molecule has 5 heteroatoms. The van der Waals surface area contributed by atoms with Gasteiger partial charge in [-0.05, 0) is 0 Å². The maximum atomic E-state index is 11.2. The highest BCUT2D eigenvalue weighted by Crippen LogP contribution is 2.12. The molecule has 0 saturated heterocycles. The van der Waals surface area contributed by atoms with E-state index in [1.54, 1.807) is 6.21 Å². The molecule has 2 rings (SSSR count). The Hall–Kier alpha value is -1.78. The number of rotatable bonds is 0. The number of nitrogens with one attached hydrogen (secondary N) is 1. The van der Waals surface area contributed by atoms with Crippen LogP contribution in [0.3, 0.4) is 0 Å². The van der Waals surface area contributed by atoms with E-state index in [4.69, 9.17) is 0 Å². The average molecular weight is 162 g/mol. The van der Waals surface area contributed by atoms with Crippen LogP contribution in [-0.4, -0.2) is 28.6 Å². The third-order valence-corrected chi connectivity index (χ3v) is 1.46. The van der Waals surface area contributed by atoms with Crippen molar-refractivity contribution in [3.63, 3.8) is 0 Å². The number of hydrogen-bond donors (Lipinski definition) is 1. The molecule has 1 aliphatic heterocycles. The van der Waals surface area contributed by atoms with Crippen LogP contribution in [-0.2, 0) is 0 Å². The van der Waals surface area contributed by atoms with Gasteiger partial charge in [-0.2, -0.15) is 0 Å². The predicted molar refractivity (Wildman–Crippen MR) is 42.5 cm³/mol. The van der Waals surface area contributed by atoms with Crippen LogP contribution < -0.4 is 5.32 Å². The summed E-state index contributed by atoms with van der Waals surface area (Å²) >= 11 is 0. The molecule has 0 fully saturated rings. The van der Waals surface area contributed by atoms with Gasteiger partial charge < -0.3 is 5.32 Å². The number of nitrogens with zero attached hydrogens (tertiary/aromatic N) is 3. The van der Waals surface area contributed by atoms with Crippen molar-refractivity contribution in [3.8, 4) is 0 Å². The van der Waals surface area contributed by atoms with Crippen molar-refractivity contribution >= 4 is 17.9 Å². The fourth-order valence-corrected chi connectivity index (χ4v) is 0.940. The van der Waals surface area contributed by atoms with E-state index in [0.29, 0.717) is 12.4 Å². The molecule has 5 nitrogen and oxygen atoms in total. The summed E-state index contributed by atoms with van der Waals surface area (Å²) in [6, 6.07) is 0. The highest BCUT2D eigenvalue weighted by Gasteiger charge is 2.14. The molecule has 0 saturated carbocycles. The van der Waals surface area contributed by atoms with Gasteiger partial charge in [0.05, 0.1) is 6.54 Å². The highest BCUT2D eigenvalue weighted by molar-refractivity contribution is 5.98. The molecule has 1 aromatic heterocycles. The molecule has 0 unspecified atom stereocenters. The first kappa shape index (κ1) is 6.90. The molecule has 1 amide bonds. The van der Waals surface area contributed by atoms with Gasteiger partial charge in [-0.25, -0.2) is 15.0 Å². The number of carbonyl (C=O) groups is 1. The van der Waals surface area contributed by atoms with Gasteiger partial charge in [0, 0.05) is 18.6 Å². The molecule has 0 spiro atoms. The van der Waals surface area contributed by atoms with Gasteiger partial charge >= 0.3 is 0 Å². The summed E-state index contributed by atoms with van der Waals surface area (Å²) in [7, 11) is 0. The van der Waals surface area contributed by atoms with Crippen LogP contribution >= 0.6 is 0 Å². The maximum absolute atomic E-state index is 11.2. The van der Waals surface area contributed by atoms with Crippen LogP contribution in [0.2, 0.25) is 0 Å². The molecule has 0 aromatic carbocycles. The van der Waals surface area contributed by atoms with E-state index in [1.165, 1.54) is 12.4 Å². The Morgan fingerprint density at radius 1 is 1.33 bits per heavy atom. The fraction of sp³-hybridized carbons (Fsp3) is 0.143. The van der Waals surface area contributed by atoms with Crippen LogP contribution in [0, 0.1) is 0 Å². The van der Waals surface area contributed by atoms with Crippen molar-refractivity contribution in [2.75, 3.05) is 6.54 Å². The quantitative estimate of drug-likeness (QED) is 0.580. The Morgan fingerprint density at radius 2 is 2.17 bits per heavy atom. The zero-order valence-electron chi connectivity index (χ0n) is 6.19. The number of aromatic nitrogens is 2. The molecule has 0 radical (unpaired) electrons. The maximum Gasteiger partial charge on any atom is 0.274 e. The molecule has 0 aliphatic carbocycles. The Balaban J connectivity index is 2.56. The predicted octanol–water partition coefficient (Wildman–Crippen LogP) is -0.0777. The summed E-state index contributed by atoms with van der Waals surface area (Å²) in [5.41, 5.74) is 0.284. The topological polar surface area (TPSA) is 67.2 Å². The Labute approximate surface area is 68.6 Å². The molecule has 1 N–H and O–H groups in total. The first-order valence-corrected chi connectivity index (χ1v) is 3.49. The van der Waals surface area contributed by atoms with Crippen molar-refractivity contribution in [1.82, 2.24) is 15.3 Å². The van der Waals surface area contributed by atoms with E-state index < -0.39 is 0 Å². The van der Waals surface area contributed by atoms with E-state index in [2.05, 4.69) is 20.3 Å². The van der Waals surface area contributed by atoms with Crippen molar-refractivity contribution in [3.05, 3.63) is 18.1 Å². The Morgan fingerprint density at radius 3 is 3.08 bits per heavy atom. The minimum absolute atomic E-state index is 0.226. The van der Waals surface area contributed by atoms with Gasteiger partial charge in [0.2, 0.25) is 0 Å². The lowest BCUT2D eigenvalue weighted by molar-refractivity contribution is 0.0956. The second-order valence-corrected chi connectivity index (χ2v) is 2.25. The lowest BCUT2D eigenvalue weighted by atomic mass is 10.4. The number of carbonyl (C=O) groups excluding carboxylic acids is 1. The van der Waals surface area contributed by atoms with E-state index >= 15 is 0 Å². The van der Waals surface area contributed by atoms with Crippen LogP contribution in [0.15, 0.2) is 17.4 Å². The van der Waals surface area contributed by atoms with Gasteiger partial charge in [0.15, 0.2) is 11.5 Å². The van der Waals surface area contributed by atoms with Crippen LogP contribution in [0.25, 0.3) is 0 Å². The Bertz CT molecular complexity index is 347. The van der Waals surface area contributed by atoms with Crippen LogP contribution in [0.1, 0.15) is 10.5 Å². The largest absolute Gasteiger partial charge is 0.346 e. The molecule has 60 valence electrons. The summed E-state index contributed by atoms with van der Waals surface area (Å²) in [5, 5.41) is 2.61. The van der Waals surface area contributed by atoms with Crippen LogP contribution in [0.4, 0.5) is 5.82 Å². The lowest BCUT2D eigenvalue weighted by Crippen LogP contribution is -2.24. The fourth-order valence-electron chi connectivity index (χ4n) is 0.940. The minimum Gasteiger partial charge on any atom is -0.346 e. The first-order valence-electron chi connectivity index (χ1n) is 3.49. The van der Waals surface area contributed by atoms with Crippen LogP contribution in [0.5, 0.6) is 0 Å². The van der Waals surface area contributed by atoms with E-state index in [0.717, 1.165) is 0 Å². The zero-order chi connectivity index (χ0) is 8.39. The van der Waals surface area contributed by atoms with Gasteiger partial charge in [-0.15, -0.1) is 0 Å². The molecular weight excluding hydrogens is 156 g/mol. The Kier molecular flexibility index (Phi) is 1.55. The number of aliphatic imine (C=N–C) groups is 1. The molecule has 1 aromatic rings. The molecular formula is C7H6N4O. The summed E-state index contributed by atoms with van der Waals surface area (Å²) in [5.74, 6) is 0.156. The molecule has 1 aliphatic rings. The summed E-state index contributed by atoms with van der Waals surface area (Å²) in [6.45, 7) is 0.427. The van der Waals surface area contributed by atoms with Gasteiger partial charge in [-0.1, -0.05) is 0 Å². The third kappa shape index (κ3) is 1.05. The monoisotopic (exact) mass is 162 g/mol. The summed E-state index contributed by atoms with van der Waals surface area (Å²) in [6.07, 6.45) is 4.58.